The molecule has 0 radical (unpaired) electrons. The molecule has 0 fully saturated rings. The van der Waals surface area contributed by atoms with Crippen LogP contribution in [-0.4, -0.2) is 35.4 Å². The van der Waals surface area contributed by atoms with E-state index in [1.54, 1.807) is 17.0 Å². The Bertz CT molecular complexity index is 811. The van der Waals surface area contributed by atoms with Gasteiger partial charge in [0, 0.05) is 19.0 Å². The van der Waals surface area contributed by atoms with Crippen molar-refractivity contribution in [2.45, 2.75) is 65.1 Å². The molecule has 0 aliphatic heterocycles. The quantitative estimate of drug-likeness (QED) is 0.498. The van der Waals surface area contributed by atoms with Gasteiger partial charge >= 0.3 is 0 Å². The Hall–Kier alpha value is -2.89. The van der Waals surface area contributed by atoms with Crippen molar-refractivity contribution in [3.05, 3.63) is 66.0 Å². The Kier molecular flexibility index (Phi) is 10.0. The average molecular weight is 429 g/mol. The molecule has 168 valence electrons. The minimum atomic E-state index is -0.582. The molecule has 6 heteroatoms. The molecule has 0 bridgehead atoms. The third-order valence-electron chi connectivity index (χ3n) is 5.20. The van der Waals surface area contributed by atoms with Crippen molar-refractivity contribution in [3.63, 3.8) is 0 Å². The molecule has 1 N–H and O–H groups in total. The highest BCUT2D eigenvalue weighted by Crippen LogP contribution is 2.16. The summed E-state index contributed by atoms with van der Waals surface area (Å²) in [4.78, 5) is 27.6. The topological polar surface area (TPSA) is 58.6 Å². The van der Waals surface area contributed by atoms with Gasteiger partial charge in [-0.25, -0.2) is 4.39 Å². The highest BCUT2D eigenvalue weighted by atomic mass is 19.1. The molecule has 0 aliphatic rings. The number of rotatable bonds is 12. The molecule has 5 nitrogen and oxygen atoms in total. The molecule has 0 saturated heterocycles. The van der Waals surface area contributed by atoms with Gasteiger partial charge in [0.1, 0.15) is 17.6 Å². The standard InChI is InChI=1S/C25H33FN2O3/c1-4-19(3)27-25(30)23(5-2)28(18-20-13-15-21(26)16-14-20)24(29)12-9-17-31-22-10-7-6-8-11-22/h6-8,10-11,13-16,19,23H,4-5,9,12,17-18H2,1-3H3,(H,27,30)/t19-,23+/m1/s1. The number of hydrogen-bond donors (Lipinski definition) is 1. The first-order chi connectivity index (χ1) is 14.9. The lowest BCUT2D eigenvalue weighted by molar-refractivity contribution is -0.141. The average Bonchev–Trinajstić information content (AvgIpc) is 2.78. The fourth-order valence-electron chi connectivity index (χ4n) is 3.22. The lowest BCUT2D eigenvalue weighted by atomic mass is 10.1. The highest BCUT2D eigenvalue weighted by Gasteiger charge is 2.28. The number of carbonyl (C=O) groups is 2. The molecule has 2 aromatic carbocycles. The second kappa shape index (κ2) is 12.7. The summed E-state index contributed by atoms with van der Waals surface area (Å²) in [6, 6.07) is 14.9. The van der Waals surface area contributed by atoms with Gasteiger partial charge < -0.3 is 15.0 Å². The first-order valence-corrected chi connectivity index (χ1v) is 11.0. The highest BCUT2D eigenvalue weighted by molar-refractivity contribution is 5.87. The third-order valence-corrected chi connectivity index (χ3v) is 5.20. The number of nitrogens with one attached hydrogen (secondary N) is 1. The van der Waals surface area contributed by atoms with Crippen molar-refractivity contribution in [3.8, 4) is 5.75 Å². The summed E-state index contributed by atoms with van der Waals surface area (Å²) in [6.07, 6.45) is 2.11. The van der Waals surface area contributed by atoms with Crippen molar-refractivity contribution in [2.75, 3.05) is 6.61 Å². The van der Waals surface area contributed by atoms with E-state index in [0.717, 1.165) is 17.7 Å². The Balaban J connectivity index is 2.06. The maximum absolute atomic E-state index is 13.3. The molecule has 2 rings (SSSR count). The summed E-state index contributed by atoms with van der Waals surface area (Å²) in [5, 5.41) is 2.98. The van der Waals surface area contributed by atoms with Crippen LogP contribution < -0.4 is 10.1 Å². The first-order valence-electron chi connectivity index (χ1n) is 11.0. The van der Waals surface area contributed by atoms with E-state index in [2.05, 4.69) is 5.32 Å². The van der Waals surface area contributed by atoms with Crippen LogP contribution in [-0.2, 0) is 16.1 Å². The van der Waals surface area contributed by atoms with Crippen LogP contribution in [0.3, 0.4) is 0 Å². The van der Waals surface area contributed by atoms with E-state index in [1.165, 1.54) is 12.1 Å². The van der Waals surface area contributed by atoms with E-state index in [-0.39, 0.29) is 36.6 Å². The number of halogens is 1. The molecule has 0 aromatic heterocycles. The van der Waals surface area contributed by atoms with Crippen LogP contribution in [0.5, 0.6) is 5.75 Å². The van der Waals surface area contributed by atoms with Gasteiger partial charge in [0.15, 0.2) is 0 Å². The van der Waals surface area contributed by atoms with Gasteiger partial charge in [-0.15, -0.1) is 0 Å². The third kappa shape index (κ3) is 8.04. The predicted octanol–water partition coefficient (Wildman–Crippen LogP) is 4.71. The monoisotopic (exact) mass is 428 g/mol. The van der Waals surface area contributed by atoms with E-state index < -0.39 is 6.04 Å². The molecular weight excluding hydrogens is 395 g/mol. The molecule has 0 aliphatic carbocycles. The van der Waals surface area contributed by atoms with Crippen molar-refractivity contribution in [1.82, 2.24) is 10.2 Å². The minimum Gasteiger partial charge on any atom is -0.494 e. The fraction of sp³-hybridized carbons (Fsp3) is 0.440. The zero-order valence-corrected chi connectivity index (χ0v) is 18.6. The number of para-hydroxylation sites is 1. The zero-order valence-electron chi connectivity index (χ0n) is 18.6. The normalized spacial score (nSPS) is 12.6. The summed E-state index contributed by atoms with van der Waals surface area (Å²) >= 11 is 0. The number of benzene rings is 2. The predicted molar refractivity (Wildman–Crippen MR) is 120 cm³/mol. The summed E-state index contributed by atoms with van der Waals surface area (Å²) in [5.41, 5.74) is 0.782. The van der Waals surface area contributed by atoms with Crippen LogP contribution in [0, 0.1) is 5.82 Å². The summed E-state index contributed by atoms with van der Waals surface area (Å²) in [6.45, 7) is 6.50. The van der Waals surface area contributed by atoms with E-state index in [9.17, 15) is 14.0 Å². The van der Waals surface area contributed by atoms with E-state index in [0.29, 0.717) is 19.4 Å². The van der Waals surface area contributed by atoms with Gasteiger partial charge in [0.25, 0.3) is 0 Å². The van der Waals surface area contributed by atoms with Gasteiger partial charge in [-0.05, 0) is 56.0 Å². The maximum atomic E-state index is 13.3. The zero-order chi connectivity index (χ0) is 22.6. The number of ether oxygens (including phenoxy) is 1. The summed E-state index contributed by atoms with van der Waals surface area (Å²) < 4.78 is 19.0. The molecule has 0 unspecified atom stereocenters. The summed E-state index contributed by atoms with van der Waals surface area (Å²) in [7, 11) is 0. The van der Waals surface area contributed by atoms with Gasteiger partial charge in [-0.3, -0.25) is 9.59 Å². The van der Waals surface area contributed by atoms with Crippen LogP contribution in [0.25, 0.3) is 0 Å². The molecular formula is C25H33FN2O3. The van der Waals surface area contributed by atoms with Crippen molar-refractivity contribution in [2.24, 2.45) is 0 Å². The smallest absolute Gasteiger partial charge is 0.243 e. The van der Waals surface area contributed by atoms with Crippen molar-refractivity contribution < 1.29 is 18.7 Å². The van der Waals surface area contributed by atoms with Crippen LogP contribution in [0.1, 0.15) is 52.0 Å². The number of carbonyl (C=O) groups excluding carboxylic acids is 2. The lowest BCUT2D eigenvalue weighted by Gasteiger charge is -2.31. The Morgan fingerprint density at radius 1 is 1.03 bits per heavy atom. The Morgan fingerprint density at radius 2 is 1.71 bits per heavy atom. The number of nitrogens with zero attached hydrogens (tertiary/aromatic N) is 1. The van der Waals surface area contributed by atoms with Crippen molar-refractivity contribution >= 4 is 11.8 Å². The molecule has 0 heterocycles. The number of hydrogen-bond acceptors (Lipinski definition) is 3. The summed E-state index contributed by atoms with van der Waals surface area (Å²) in [5.74, 6) is 0.152. The van der Waals surface area contributed by atoms with E-state index in [1.807, 2.05) is 51.1 Å². The van der Waals surface area contributed by atoms with Gasteiger partial charge in [0.05, 0.1) is 6.61 Å². The molecule has 0 saturated carbocycles. The Labute approximate surface area is 184 Å². The molecule has 2 amide bonds. The molecule has 0 spiro atoms. The molecule has 2 aromatic rings. The van der Waals surface area contributed by atoms with Crippen LogP contribution >= 0.6 is 0 Å². The first kappa shape index (κ1) is 24.4. The second-order valence-electron chi connectivity index (χ2n) is 7.66. The Morgan fingerprint density at radius 3 is 2.32 bits per heavy atom. The van der Waals surface area contributed by atoms with Gasteiger partial charge in [0.2, 0.25) is 11.8 Å². The van der Waals surface area contributed by atoms with E-state index in [4.69, 9.17) is 4.74 Å². The maximum Gasteiger partial charge on any atom is 0.243 e. The number of amides is 2. The lowest BCUT2D eigenvalue weighted by Crippen LogP contribution is -2.50. The van der Waals surface area contributed by atoms with Crippen LogP contribution in [0.15, 0.2) is 54.6 Å². The van der Waals surface area contributed by atoms with Crippen molar-refractivity contribution in [1.29, 1.82) is 0 Å². The van der Waals surface area contributed by atoms with Crippen LogP contribution in [0.2, 0.25) is 0 Å². The van der Waals surface area contributed by atoms with Crippen LogP contribution in [0.4, 0.5) is 4.39 Å². The minimum absolute atomic E-state index is 0.0311. The van der Waals surface area contributed by atoms with E-state index >= 15 is 0 Å². The van der Waals surface area contributed by atoms with Gasteiger partial charge in [-0.1, -0.05) is 44.2 Å². The largest absolute Gasteiger partial charge is 0.494 e. The van der Waals surface area contributed by atoms with Gasteiger partial charge in [-0.2, -0.15) is 0 Å². The second-order valence-corrected chi connectivity index (χ2v) is 7.66. The molecule has 2 atom stereocenters. The fourth-order valence-corrected chi connectivity index (χ4v) is 3.22. The SMILES string of the molecule is CC[C@@H](C)NC(=O)[C@H](CC)N(Cc1ccc(F)cc1)C(=O)CCCOc1ccccc1. The molecule has 31 heavy (non-hydrogen) atoms.